The number of rotatable bonds is 3. The minimum atomic E-state index is 1.36. The molecular formula is C11H21N4+. The molecule has 15 heavy (non-hydrogen) atoms. The van der Waals surface area contributed by atoms with Gasteiger partial charge in [0.1, 0.15) is 0 Å². The Labute approximate surface area is 92.7 Å². The molecule has 0 bridgehead atoms. The van der Waals surface area contributed by atoms with E-state index in [0.717, 1.165) is 0 Å². The maximum absolute atomic E-state index is 7.48. The lowest BCUT2D eigenvalue weighted by atomic mass is 10.3. The summed E-state index contributed by atoms with van der Waals surface area (Å²) in [5, 5.41) is 16.7. The predicted octanol–water partition coefficient (Wildman–Crippen LogP) is 1.57. The zero-order chi connectivity index (χ0) is 11.6. The van der Waals surface area contributed by atoms with Crippen molar-refractivity contribution in [3.63, 3.8) is 0 Å². The molecule has 1 rings (SSSR count). The Kier molecular flexibility index (Phi) is 7.40. The van der Waals surface area contributed by atoms with E-state index in [0.29, 0.717) is 0 Å². The van der Waals surface area contributed by atoms with E-state index in [-0.39, 0.29) is 0 Å². The van der Waals surface area contributed by atoms with Crippen LogP contribution in [0, 0.1) is 22.9 Å². The minimum absolute atomic E-state index is 1.36. The fraction of sp³-hybridized carbons (Fsp3) is 0.818. The molecule has 4 heteroatoms. The summed E-state index contributed by atoms with van der Waals surface area (Å²) in [6.07, 6.45) is 8.50. The highest BCUT2D eigenvalue weighted by Crippen LogP contribution is 2.16. The molecule has 0 spiro atoms. The highest BCUT2D eigenvalue weighted by Gasteiger charge is 2.25. The van der Waals surface area contributed by atoms with Crippen LogP contribution >= 0.6 is 0 Å². The molecule has 1 saturated heterocycles. The molecule has 1 N–H and O–H groups in total. The smallest absolute Gasteiger partial charge is 0.190 e. The third-order valence-electron chi connectivity index (χ3n) is 2.81. The summed E-state index contributed by atoms with van der Waals surface area (Å²) in [5.41, 5.74) is 0. The van der Waals surface area contributed by atoms with Crippen LogP contribution in [0.3, 0.4) is 0 Å². The van der Waals surface area contributed by atoms with Gasteiger partial charge < -0.3 is 4.48 Å². The van der Waals surface area contributed by atoms with Crippen LogP contribution in [0.25, 0.3) is 0 Å². The number of hydrogen-bond acceptors (Lipinski definition) is 3. The first-order valence-electron chi connectivity index (χ1n) is 5.55. The van der Waals surface area contributed by atoms with Gasteiger partial charge in [0.15, 0.2) is 12.4 Å². The van der Waals surface area contributed by atoms with Crippen LogP contribution in [0.15, 0.2) is 0 Å². The van der Waals surface area contributed by atoms with E-state index in [2.05, 4.69) is 14.0 Å². The maximum atomic E-state index is 7.48. The second-order valence-corrected chi connectivity index (χ2v) is 4.20. The largest absolute Gasteiger partial charge is 0.326 e. The van der Waals surface area contributed by atoms with Crippen molar-refractivity contribution in [2.45, 2.75) is 32.6 Å². The standard InChI is InChI=1S/C9H20N.C2HN3/c1-3-4-7-10(2)8-5-6-9-10;3-1-5-2-4/h3-9H2,1-2H3;5H/q+1;. The van der Waals surface area contributed by atoms with Gasteiger partial charge in [-0.05, 0) is 6.42 Å². The van der Waals surface area contributed by atoms with E-state index < -0.39 is 0 Å². The molecule has 0 amide bonds. The van der Waals surface area contributed by atoms with E-state index in [1.807, 2.05) is 0 Å². The van der Waals surface area contributed by atoms with Crippen LogP contribution < -0.4 is 5.32 Å². The lowest BCUT2D eigenvalue weighted by molar-refractivity contribution is -0.897. The lowest BCUT2D eigenvalue weighted by Gasteiger charge is -2.28. The summed E-state index contributed by atoms with van der Waals surface area (Å²) in [4.78, 5) is 0. The third kappa shape index (κ3) is 6.76. The average molecular weight is 209 g/mol. The zero-order valence-electron chi connectivity index (χ0n) is 9.79. The normalized spacial score (nSPS) is 16.8. The Morgan fingerprint density at radius 1 is 1.20 bits per heavy atom. The van der Waals surface area contributed by atoms with Crippen molar-refractivity contribution in [2.24, 2.45) is 0 Å². The van der Waals surface area contributed by atoms with E-state index in [1.165, 1.54) is 62.2 Å². The van der Waals surface area contributed by atoms with Gasteiger partial charge in [0, 0.05) is 12.8 Å². The van der Waals surface area contributed by atoms with Crippen LogP contribution in [0.1, 0.15) is 32.6 Å². The molecule has 0 unspecified atom stereocenters. The van der Waals surface area contributed by atoms with Crippen LogP contribution in [0.2, 0.25) is 0 Å². The van der Waals surface area contributed by atoms with Gasteiger partial charge in [-0.1, -0.05) is 13.3 Å². The Morgan fingerprint density at radius 2 is 1.73 bits per heavy atom. The number of hydrogen-bond donors (Lipinski definition) is 1. The highest BCUT2D eigenvalue weighted by atomic mass is 15.3. The van der Waals surface area contributed by atoms with Gasteiger partial charge >= 0.3 is 0 Å². The lowest BCUT2D eigenvalue weighted by Crippen LogP contribution is -2.41. The molecule has 0 aromatic heterocycles. The number of nitrogens with one attached hydrogen (secondary N) is 1. The van der Waals surface area contributed by atoms with Crippen molar-refractivity contribution in [1.82, 2.24) is 5.32 Å². The first-order chi connectivity index (χ1) is 7.18. The van der Waals surface area contributed by atoms with Crippen molar-refractivity contribution in [3.05, 3.63) is 0 Å². The summed E-state index contributed by atoms with van der Waals surface area (Å²) >= 11 is 0. The Hall–Kier alpha value is -1.26. The Balaban J connectivity index is 0.000000336. The van der Waals surface area contributed by atoms with E-state index in [1.54, 1.807) is 5.32 Å². The van der Waals surface area contributed by atoms with Crippen LogP contribution in [-0.4, -0.2) is 31.2 Å². The number of nitrogens with zero attached hydrogens (tertiary/aromatic N) is 3. The van der Waals surface area contributed by atoms with Crippen molar-refractivity contribution in [3.8, 4) is 12.4 Å². The molecule has 1 fully saturated rings. The van der Waals surface area contributed by atoms with Crippen LogP contribution in [-0.2, 0) is 0 Å². The van der Waals surface area contributed by atoms with E-state index in [4.69, 9.17) is 10.5 Å². The summed E-state index contributed by atoms with van der Waals surface area (Å²) in [7, 11) is 2.41. The topological polar surface area (TPSA) is 59.6 Å². The second-order valence-electron chi connectivity index (χ2n) is 4.20. The minimum Gasteiger partial charge on any atom is -0.326 e. The Bertz CT molecular complexity index is 218. The molecule has 0 aromatic rings. The fourth-order valence-electron chi connectivity index (χ4n) is 1.89. The van der Waals surface area contributed by atoms with Crippen molar-refractivity contribution in [1.29, 1.82) is 10.5 Å². The first-order valence-corrected chi connectivity index (χ1v) is 5.55. The van der Waals surface area contributed by atoms with Gasteiger partial charge in [-0.15, -0.1) is 0 Å². The highest BCUT2D eigenvalue weighted by molar-refractivity contribution is 4.77. The summed E-state index contributed by atoms with van der Waals surface area (Å²) in [5.74, 6) is 0. The monoisotopic (exact) mass is 209 g/mol. The van der Waals surface area contributed by atoms with Gasteiger partial charge in [0.05, 0.1) is 26.7 Å². The molecule has 0 saturated carbocycles. The van der Waals surface area contributed by atoms with Gasteiger partial charge in [-0.25, -0.2) is 5.32 Å². The Morgan fingerprint density at radius 3 is 2.07 bits per heavy atom. The van der Waals surface area contributed by atoms with Gasteiger partial charge in [-0.2, -0.15) is 10.5 Å². The van der Waals surface area contributed by atoms with Gasteiger partial charge in [0.25, 0.3) is 0 Å². The average Bonchev–Trinajstić information content (AvgIpc) is 2.65. The van der Waals surface area contributed by atoms with Crippen molar-refractivity contribution < 1.29 is 4.48 Å². The SMILES string of the molecule is CCCC[N+]1(C)CCCC1.N#CNC#N. The summed E-state index contributed by atoms with van der Waals surface area (Å²) in [6, 6.07) is 0. The second kappa shape index (κ2) is 8.08. The number of quaternary nitrogens is 1. The first kappa shape index (κ1) is 13.7. The molecule has 0 aromatic carbocycles. The van der Waals surface area contributed by atoms with Gasteiger partial charge in [0.2, 0.25) is 0 Å². The molecule has 0 radical (unpaired) electrons. The van der Waals surface area contributed by atoms with E-state index in [9.17, 15) is 0 Å². The summed E-state index contributed by atoms with van der Waals surface area (Å²) < 4.78 is 1.36. The van der Waals surface area contributed by atoms with Crippen molar-refractivity contribution >= 4 is 0 Å². The van der Waals surface area contributed by atoms with Crippen molar-refractivity contribution in [2.75, 3.05) is 26.7 Å². The third-order valence-corrected chi connectivity index (χ3v) is 2.81. The van der Waals surface area contributed by atoms with Gasteiger partial charge in [-0.3, -0.25) is 0 Å². The summed E-state index contributed by atoms with van der Waals surface area (Å²) in [6.45, 7) is 6.55. The molecule has 1 aliphatic rings. The quantitative estimate of drug-likeness (QED) is 0.436. The molecule has 4 nitrogen and oxygen atoms in total. The number of likely N-dealkylation sites (tertiary alicyclic amines) is 1. The molecule has 1 aliphatic heterocycles. The molecule has 0 atom stereocenters. The molecular weight excluding hydrogens is 188 g/mol. The van der Waals surface area contributed by atoms with E-state index >= 15 is 0 Å². The molecule has 0 aliphatic carbocycles. The zero-order valence-corrected chi connectivity index (χ0v) is 9.79. The molecule has 1 heterocycles. The molecule has 84 valence electrons. The number of nitriles is 2. The van der Waals surface area contributed by atoms with Crippen LogP contribution in [0.5, 0.6) is 0 Å². The van der Waals surface area contributed by atoms with Crippen LogP contribution in [0.4, 0.5) is 0 Å². The predicted molar refractivity (Wildman–Crippen MR) is 59.3 cm³/mol. The maximum Gasteiger partial charge on any atom is 0.190 e. The number of unbranched alkanes of at least 4 members (excludes halogenated alkanes) is 1. The fourth-order valence-corrected chi connectivity index (χ4v) is 1.89.